The molecule has 13 N–H and O–H groups in total. The van der Waals surface area contributed by atoms with E-state index in [1.165, 1.54) is 0 Å². The van der Waals surface area contributed by atoms with Crippen LogP contribution in [0.5, 0.6) is 0 Å². The van der Waals surface area contributed by atoms with Gasteiger partial charge in [-0.1, -0.05) is 18.2 Å². The molecule has 15 nitrogen and oxygen atoms in total. The van der Waals surface area contributed by atoms with Crippen LogP contribution in [0.25, 0.3) is 10.9 Å². The van der Waals surface area contributed by atoms with Crippen LogP contribution in [0.2, 0.25) is 0 Å². The molecule has 0 saturated heterocycles. The number of primary amides is 2. The molecule has 0 aliphatic carbocycles. The number of H-pyrrole nitrogens is 1. The van der Waals surface area contributed by atoms with Crippen molar-refractivity contribution in [1.29, 1.82) is 0 Å². The number of carboxylic acid groups (broad SMARTS) is 1. The normalized spacial score (nSPS) is 13.9. The van der Waals surface area contributed by atoms with Crippen LogP contribution in [-0.2, 0) is 35.2 Å². The van der Waals surface area contributed by atoms with E-state index in [0.29, 0.717) is 19.4 Å². The first-order valence-corrected chi connectivity index (χ1v) is 13.1. The summed E-state index contributed by atoms with van der Waals surface area (Å²) >= 11 is 0. The minimum atomic E-state index is -1.45. The summed E-state index contributed by atoms with van der Waals surface area (Å²) in [6.45, 7) is 0.313. The summed E-state index contributed by atoms with van der Waals surface area (Å²) in [4.78, 5) is 76.4. The topological polar surface area (TPSA) is 279 Å². The fraction of sp³-hybridized carbons (Fsp3) is 0.462. The van der Waals surface area contributed by atoms with Crippen LogP contribution in [0.3, 0.4) is 0 Å². The fourth-order valence-electron chi connectivity index (χ4n) is 4.17. The van der Waals surface area contributed by atoms with Gasteiger partial charge in [0.1, 0.15) is 18.1 Å². The lowest BCUT2D eigenvalue weighted by Crippen LogP contribution is -2.58. The zero-order valence-corrected chi connectivity index (χ0v) is 22.6. The average Bonchev–Trinajstić information content (AvgIpc) is 3.31. The number of aliphatic carboxylic acids is 1. The number of rotatable bonds is 18. The number of hydrogen-bond donors (Lipinski definition) is 9. The molecular formula is C26H38N8O7. The molecule has 4 atom stereocenters. The van der Waals surface area contributed by atoms with Gasteiger partial charge in [0.25, 0.3) is 0 Å². The lowest BCUT2D eigenvalue weighted by molar-refractivity contribution is -0.142. The minimum Gasteiger partial charge on any atom is -0.480 e. The Morgan fingerprint density at radius 1 is 0.829 bits per heavy atom. The summed E-state index contributed by atoms with van der Waals surface area (Å²) in [5.41, 5.74) is 23.6. The van der Waals surface area contributed by atoms with Gasteiger partial charge in [-0.3, -0.25) is 24.0 Å². The molecular weight excluding hydrogens is 536 g/mol. The number of aromatic amines is 1. The Labute approximate surface area is 236 Å². The van der Waals surface area contributed by atoms with Crippen LogP contribution < -0.4 is 38.9 Å². The standard InChI is InChI=1S/C26H38N8O7/c27-10-4-3-7-18(24(38)33-19(26(40)41)8-9-21(29)35)32-25(39)20(12-22(30)36)34-23(37)16(28)11-14-13-31-17-6-2-1-5-15(14)17/h1-2,5-6,13,16,18-20,31H,3-4,7-12,27-28H2,(H2,29,35)(H2,30,36)(H,32,39)(H,33,38)(H,34,37)(H,40,41). The Morgan fingerprint density at radius 2 is 1.46 bits per heavy atom. The van der Waals surface area contributed by atoms with E-state index in [1.807, 2.05) is 24.3 Å². The number of para-hydroxylation sites is 1. The quantitative estimate of drug-likeness (QED) is 0.0876. The fourth-order valence-corrected chi connectivity index (χ4v) is 4.17. The number of nitrogens with one attached hydrogen (secondary N) is 4. The third-order valence-electron chi connectivity index (χ3n) is 6.36. The molecule has 1 aromatic carbocycles. The van der Waals surface area contributed by atoms with Gasteiger partial charge >= 0.3 is 5.97 Å². The summed E-state index contributed by atoms with van der Waals surface area (Å²) in [5, 5.41) is 17.5. The number of hydrogen-bond acceptors (Lipinski definition) is 8. The van der Waals surface area contributed by atoms with Crippen molar-refractivity contribution in [2.75, 3.05) is 6.54 Å². The Hall–Kier alpha value is -4.50. The van der Waals surface area contributed by atoms with E-state index in [1.54, 1.807) is 6.20 Å². The van der Waals surface area contributed by atoms with E-state index >= 15 is 0 Å². The van der Waals surface area contributed by atoms with E-state index in [0.717, 1.165) is 16.5 Å². The number of aromatic nitrogens is 1. The third kappa shape index (κ3) is 10.5. The molecule has 0 radical (unpaired) electrons. The summed E-state index contributed by atoms with van der Waals surface area (Å²) in [6, 6.07) is 2.22. The van der Waals surface area contributed by atoms with E-state index < -0.39 is 66.1 Å². The average molecular weight is 575 g/mol. The maximum absolute atomic E-state index is 13.1. The van der Waals surface area contributed by atoms with Crippen molar-refractivity contribution in [1.82, 2.24) is 20.9 Å². The van der Waals surface area contributed by atoms with Gasteiger partial charge < -0.3 is 49.0 Å². The second-order valence-corrected chi connectivity index (χ2v) is 9.65. The predicted octanol–water partition coefficient (Wildman–Crippen LogP) is -2.15. The summed E-state index contributed by atoms with van der Waals surface area (Å²) in [5.74, 6) is -5.49. The van der Waals surface area contributed by atoms with Crippen molar-refractivity contribution in [2.24, 2.45) is 22.9 Å². The van der Waals surface area contributed by atoms with Gasteiger partial charge in [-0.25, -0.2) is 4.79 Å². The number of nitrogens with two attached hydrogens (primary N) is 4. The maximum atomic E-state index is 13.1. The Bertz CT molecular complexity index is 1250. The number of benzene rings is 1. The van der Waals surface area contributed by atoms with Gasteiger partial charge in [0.05, 0.1) is 12.5 Å². The Balaban J connectivity index is 2.13. The second kappa shape index (κ2) is 15.9. The van der Waals surface area contributed by atoms with Crippen LogP contribution in [-0.4, -0.2) is 76.3 Å². The largest absolute Gasteiger partial charge is 0.480 e. The third-order valence-corrected chi connectivity index (χ3v) is 6.36. The van der Waals surface area contributed by atoms with Gasteiger partial charge in [-0.05, 0) is 50.3 Å². The summed E-state index contributed by atoms with van der Waals surface area (Å²) < 4.78 is 0. The molecule has 224 valence electrons. The smallest absolute Gasteiger partial charge is 0.326 e. The predicted molar refractivity (Wildman–Crippen MR) is 149 cm³/mol. The van der Waals surface area contributed by atoms with E-state index in [9.17, 15) is 33.9 Å². The van der Waals surface area contributed by atoms with E-state index in [-0.39, 0.29) is 25.7 Å². The molecule has 0 aliphatic rings. The van der Waals surface area contributed by atoms with E-state index in [2.05, 4.69) is 20.9 Å². The number of carbonyl (C=O) groups excluding carboxylic acids is 5. The number of fused-ring (bicyclic) bond motifs is 1. The van der Waals surface area contributed by atoms with Crippen molar-refractivity contribution < 1.29 is 33.9 Å². The summed E-state index contributed by atoms with van der Waals surface area (Å²) in [7, 11) is 0. The molecule has 0 fully saturated rings. The zero-order valence-electron chi connectivity index (χ0n) is 22.6. The van der Waals surface area contributed by atoms with Crippen molar-refractivity contribution in [3.05, 3.63) is 36.0 Å². The Morgan fingerprint density at radius 3 is 2.10 bits per heavy atom. The highest BCUT2D eigenvalue weighted by molar-refractivity contribution is 5.96. The zero-order chi connectivity index (χ0) is 30.5. The lowest BCUT2D eigenvalue weighted by atomic mass is 10.0. The molecule has 2 aromatic rings. The molecule has 1 aromatic heterocycles. The minimum absolute atomic E-state index is 0.0776. The van der Waals surface area contributed by atoms with Crippen LogP contribution >= 0.6 is 0 Å². The Kier molecular flexibility index (Phi) is 12.7. The van der Waals surface area contributed by atoms with Crippen LogP contribution in [0.4, 0.5) is 0 Å². The van der Waals surface area contributed by atoms with Crippen molar-refractivity contribution in [3.63, 3.8) is 0 Å². The second-order valence-electron chi connectivity index (χ2n) is 9.65. The number of amides is 5. The first-order chi connectivity index (χ1) is 19.4. The molecule has 15 heteroatoms. The van der Waals surface area contributed by atoms with Crippen molar-refractivity contribution in [3.8, 4) is 0 Å². The van der Waals surface area contributed by atoms with Crippen molar-refractivity contribution >= 4 is 46.4 Å². The van der Waals surface area contributed by atoms with Gasteiger partial charge in [0.2, 0.25) is 29.5 Å². The van der Waals surface area contributed by atoms with Gasteiger partial charge in [-0.15, -0.1) is 0 Å². The highest BCUT2D eigenvalue weighted by atomic mass is 16.4. The van der Waals surface area contributed by atoms with Crippen LogP contribution in [0.1, 0.15) is 44.1 Å². The molecule has 4 unspecified atom stereocenters. The highest BCUT2D eigenvalue weighted by Gasteiger charge is 2.31. The molecule has 0 aliphatic heterocycles. The molecule has 41 heavy (non-hydrogen) atoms. The molecule has 0 spiro atoms. The lowest BCUT2D eigenvalue weighted by Gasteiger charge is -2.25. The number of carboxylic acids is 1. The van der Waals surface area contributed by atoms with Gasteiger partial charge in [-0.2, -0.15) is 0 Å². The molecule has 2 rings (SSSR count). The SMILES string of the molecule is NCCCCC(NC(=O)C(CC(N)=O)NC(=O)C(N)Cc1c[nH]c2ccccc12)C(=O)NC(CCC(N)=O)C(=O)O. The summed E-state index contributed by atoms with van der Waals surface area (Å²) in [6.07, 6.45) is 1.72. The number of unbranched alkanes of at least 4 members (excludes halogenated alkanes) is 1. The first kappa shape index (κ1) is 32.7. The molecule has 1 heterocycles. The van der Waals surface area contributed by atoms with Gasteiger partial charge in [0, 0.05) is 23.5 Å². The van der Waals surface area contributed by atoms with Crippen molar-refractivity contribution in [2.45, 2.75) is 69.1 Å². The maximum Gasteiger partial charge on any atom is 0.326 e. The van der Waals surface area contributed by atoms with Crippen LogP contribution in [0.15, 0.2) is 30.5 Å². The highest BCUT2D eigenvalue weighted by Crippen LogP contribution is 2.18. The van der Waals surface area contributed by atoms with Gasteiger partial charge in [0.15, 0.2) is 0 Å². The molecule has 0 bridgehead atoms. The monoisotopic (exact) mass is 574 g/mol. The van der Waals surface area contributed by atoms with E-state index in [4.69, 9.17) is 22.9 Å². The molecule has 0 saturated carbocycles. The molecule has 5 amide bonds. The van der Waals surface area contributed by atoms with Crippen LogP contribution in [0, 0.1) is 0 Å². The first-order valence-electron chi connectivity index (χ1n) is 13.1. The number of carbonyl (C=O) groups is 6.